The number of halogens is 2. The zero-order valence-corrected chi connectivity index (χ0v) is 17.0. The number of amides is 3. The summed E-state index contributed by atoms with van der Waals surface area (Å²) in [6, 6.07) is 6.52. The number of quaternary nitrogens is 1. The number of carbonyl (C=O) groups is 2. The van der Waals surface area contributed by atoms with Gasteiger partial charge in [0.2, 0.25) is 0 Å². The van der Waals surface area contributed by atoms with Crippen LogP contribution in [0.15, 0.2) is 24.3 Å². The zero-order chi connectivity index (χ0) is 21.0. The highest BCUT2D eigenvalue weighted by atomic mass is 19.3. The molecule has 2 aliphatic heterocycles. The van der Waals surface area contributed by atoms with E-state index < -0.39 is 12.2 Å². The van der Waals surface area contributed by atoms with Gasteiger partial charge in [-0.1, -0.05) is 19.1 Å². The quantitative estimate of drug-likeness (QED) is 0.647. The number of piperidine rings is 1. The molecule has 2 heterocycles. The van der Waals surface area contributed by atoms with E-state index in [-0.39, 0.29) is 17.7 Å². The fraction of sp³-hybridized carbons (Fsp3) is 0.619. The van der Waals surface area contributed by atoms with Gasteiger partial charge in [0, 0.05) is 0 Å². The Morgan fingerprint density at radius 1 is 1.28 bits per heavy atom. The van der Waals surface area contributed by atoms with Crippen molar-refractivity contribution in [3.63, 3.8) is 0 Å². The van der Waals surface area contributed by atoms with Crippen molar-refractivity contribution < 1.29 is 28.0 Å². The van der Waals surface area contributed by atoms with E-state index in [1.165, 1.54) is 28.4 Å². The van der Waals surface area contributed by atoms with Gasteiger partial charge in [-0.05, 0) is 63.1 Å². The fourth-order valence-electron chi connectivity index (χ4n) is 4.35. The molecule has 0 spiro atoms. The van der Waals surface area contributed by atoms with E-state index in [1.807, 2.05) is 0 Å². The van der Waals surface area contributed by atoms with Crippen LogP contribution in [0.25, 0.3) is 0 Å². The number of alkyl halides is 2. The minimum absolute atomic E-state index is 0.0985. The Hall–Kier alpha value is -2.22. The van der Waals surface area contributed by atoms with Gasteiger partial charge in [0.1, 0.15) is 11.3 Å². The third-order valence-corrected chi connectivity index (χ3v) is 6.14. The molecule has 0 aromatic heterocycles. The molecule has 0 aliphatic carbocycles. The molecule has 3 amide bonds. The molecule has 0 radical (unpaired) electrons. The lowest BCUT2D eigenvalue weighted by Gasteiger charge is -2.33. The number of aryl methyl sites for hydroxylation is 1. The van der Waals surface area contributed by atoms with Gasteiger partial charge in [0.25, 0.3) is 5.91 Å². The number of ether oxygens (including phenoxy) is 1. The molecule has 3 atom stereocenters. The summed E-state index contributed by atoms with van der Waals surface area (Å²) in [6.45, 7) is 2.46. The number of benzene rings is 1. The molecule has 8 heteroatoms. The van der Waals surface area contributed by atoms with Crippen LogP contribution in [-0.4, -0.2) is 48.2 Å². The molecule has 2 saturated heterocycles. The van der Waals surface area contributed by atoms with Crippen molar-refractivity contribution in [3.05, 3.63) is 29.8 Å². The highest BCUT2D eigenvalue weighted by Gasteiger charge is 2.49. The van der Waals surface area contributed by atoms with Crippen molar-refractivity contribution in [3.8, 4) is 5.75 Å². The highest BCUT2D eigenvalue weighted by Crippen LogP contribution is 2.24. The van der Waals surface area contributed by atoms with Gasteiger partial charge in [-0.3, -0.25) is 4.79 Å². The Balaban J connectivity index is 1.60. The monoisotopic (exact) mass is 410 g/mol. The normalized spacial score (nSPS) is 27.4. The average molecular weight is 410 g/mol. The minimum atomic E-state index is -2.86. The number of imide groups is 1. The molecule has 2 aliphatic rings. The van der Waals surface area contributed by atoms with Crippen LogP contribution >= 0.6 is 0 Å². The third kappa shape index (κ3) is 5.04. The number of hydrogen-bond donors (Lipinski definition) is 2. The van der Waals surface area contributed by atoms with Gasteiger partial charge in [-0.15, -0.1) is 0 Å². The zero-order valence-electron chi connectivity index (χ0n) is 17.0. The summed E-state index contributed by atoms with van der Waals surface area (Å²) in [7, 11) is 0. The molecular formula is C21H30F2N3O3+. The Kier molecular flexibility index (Phi) is 6.72. The second kappa shape index (κ2) is 9.07. The first-order valence-corrected chi connectivity index (χ1v) is 10.3. The summed E-state index contributed by atoms with van der Waals surface area (Å²) in [5, 5.41) is 2.86. The lowest BCUT2D eigenvalue weighted by atomic mass is 9.93. The van der Waals surface area contributed by atoms with Gasteiger partial charge in [-0.2, -0.15) is 8.78 Å². The average Bonchev–Trinajstić information content (AvgIpc) is 2.91. The molecule has 0 bridgehead atoms. The van der Waals surface area contributed by atoms with Crippen molar-refractivity contribution in [1.82, 2.24) is 10.2 Å². The third-order valence-electron chi connectivity index (χ3n) is 6.14. The Bertz CT molecular complexity index is 728. The summed E-state index contributed by atoms with van der Waals surface area (Å²) in [4.78, 5) is 28.2. The van der Waals surface area contributed by atoms with Crippen LogP contribution in [0.3, 0.4) is 0 Å². The summed E-state index contributed by atoms with van der Waals surface area (Å²) in [5.74, 6) is -0.0885. The molecule has 29 heavy (non-hydrogen) atoms. The highest BCUT2D eigenvalue weighted by molar-refractivity contribution is 6.06. The molecule has 1 unspecified atom stereocenters. The molecule has 2 fully saturated rings. The molecule has 1 aromatic rings. The predicted octanol–water partition coefficient (Wildman–Crippen LogP) is 2.34. The van der Waals surface area contributed by atoms with Gasteiger partial charge in [0.05, 0.1) is 12.6 Å². The predicted molar refractivity (Wildman–Crippen MR) is 104 cm³/mol. The van der Waals surface area contributed by atoms with Crippen LogP contribution in [-0.2, 0) is 11.2 Å². The maximum absolute atomic E-state index is 13.0. The van der Waals surface area contributed by atoms with Gasteiger partial charge >= 0.3 is 12.6 Å². The Morgan fingerprint density at radius 3 is 2.66 bits per heavy atom. The van der Waals surface area contributed by atoms with Crippen LogP contribution in [0.5, 0.6) is 5.75 Å². The standard InChI is InChI=1S/C21H29F2N3O3/c1-3-16-6-4-5-13-25(16)14-26-18(27)21(2,24-20(26)28)12-11-15-7-9-17(10-8-15)29-19(22)23/h7-10,16,19H,3-6,11-14H2,1-2H3,(H,24,28)/p+1/t16-,21+/m0/s1. The van der Waals surface area contributed by atoms with Gasteiger partial charge < -0.3 is 15.0 Å². The Morgan fingerprint density at radius 2 is 2.00 bits per heavy atom. The van der Waals surface area contributed by atoms with E-state index in [0.717, 1.165) is 31.4 Å². The number of carbonyl (C=O) groups excluding carboxylic acids is 2. The van der Waals surface area contributed by atoms with Crippen LogP contribution in [0, 0.1) is 0 Å². The topological polar surface area (TPSA) is 63.1 Å². The van der Waals surface area contributed by atoms with Crippen molar-refractivity contribution in [2.45, 2.75) is 70.6 Å². The number of rotatable bonds is 8. The maximum atomic E-state index is 13.0. The molecule has 6 nitrogen and oxygen atoms in total. The largest absolute Gasteiger partial charge is 0.435 e. The van der Waals surface area contributed by atoms with E-state index in [2.05, 4.69) is 17.0 Å². The van der Waals surface area contributed by atoms with E-state index >= 15 is 0 Å². The van der Waals surface area contributed by atoms with Crippen molar-refractivity contribution in [1.29, 1.82) is 0 Å². The number of nitrogens with one attached hydrogen (secondary N) is 2. The first kappa shape index (κ1) is 21.5. The van der Waals surface area contributed by atoms with E-state index in [9.17, 15) is 18.4 Å². The molecule has 3 rings (SSSR count). The number of urea groups is 1. The van der Waals surface area contributed by atoms with E-state index in [1.54, 1.807) is 19.1 Å². The smallest absolute Gasteiger partial charge is 0.387 e. The molecule has 160 valence electrons. The summed E-state index contributed by atoms with van der Waals surface area (Å²) >= 11 is 0. The van der Waals surface area contributed by atoms with Crippen LogP contribution in [0.1, 0.15) is 51.5 Å². The maximum Gasteiger partial charge on any atom is 0.387 e. The van der Waals surface area contributed by atoms with Crippen molar-refractivity contribution in [2.24, 2.45) is 0 Å². The first-order valence-electron chi connectivity index (χ1n) is 10.3. The van der Waals surface area contributed by atoms with E-state index in [0.29, 0.717) is 25.6 Å². The van der Waals surface area contributed by atoms with Gasteiger partial charge in [0.15, 0.2) is 6.67 Å². The molecule has 1 aromatic carbocycles. The lowest BCUT2D eigenvalue weighted by molar-refractivity contribution is -0.937. The second-order valence-corrected chi connectivity index (χ2v) is 8.19. The number of likely N-dealkylation sites (tertiary alicyclic amines) is 1. The first-order chi connectivity index (χ1) is 13.8. The fourth-order valence-corrected chi connectivity index (χ4v) is 4.35. The van der Waals surface area contributed by atoms with Crippen LogP contribution < -0.4 is 15.0 Å². The SMILES string of the molecule is CC[C@H]1CCCC[NH+]1CN1C(=O)N[C@](C)(CCc2ccc(OC(F)F)cc2)C1=O. The van der Waals surface area contributed by atoms with Gasteiger partial charge in [-0.25, -0.2) is 9.69 Å². The second-order valence-electron chi connectivity index (χ2n) is 8.19. The number of hydrogen-bond acceptors (Lipinski definition) is 3. The molecular weight excluding hydrogens is 380 g/mol. The van der Waals surface area contributed by atoms with Crippen LogP contribution in [0.2, 0.25) is 0 Å². The van der Waals surface area contributed by atoms with Crippen LogP contribution in [0.4, 0.5) is 13.6 Å². The van der Waals surface area contributed by atoms with Crippen molar-refractivity contribution in [2.75, 3.05) is 13.2 Å². The number of nitrogens with zero attached hydrogens (tertiary/aromatic N) is 1. The lowest BCUT2D eigenvalue weighted by Crippen LogP contribution is -3.18. The van der Waals surface area contributed by atoms with E-state index in [4.69, 9.17) is 0 Å². The molecule has 2 N–H and O–H groups in total. The summed E-state index contributed by atoms with van der Waals surface area (Å²) < 4.78 is 28.8. The molecule has 0 saturated carbocycles. The summed E-state index contributed by atoms with van der Waals surface area (Å²) in [6.07, 6.45) is 5.49. The minimum Gasteiger partial charge on any atom is -0.435 e. The van der Waals surface area contributed by atoms with Crippen molar-refractivity contribution >= 4 is 11.9 Å². The summed E-state index contributed by atoms with van der Waals surface area (Å²) in [5.41, 5.74) is -0.0624. The Labute approximate surface area is 170 Å².